The molecule has 2 heterocycles. The zero-order valence-corrected chi connectivity index (χ0v) is 16.8. The molecule has 30 heavy (non-hydrogen) atoms. The van der Waals surface area contributed by atoms with Gasteiger partial charge in [-0.1, -0.05) is 19.8 Å². The lowest BCUT2D eigenvalue weighted by Crippen LogP contribution is -2.54. The highest BCUT2D eigenvalue weighted by molar-refractivity contribution is 6.09. The van der Waals surface area contributed by atoms with Crippen LogP contribution in [0.2, 0.25) is 0 Å². The summed E-state index contributed by atoms with van der Waals surface area (Å²) in [5.41, 5.74) is -0.617. The molecule has 2 aliphatic heterocycles. The number of Topliss-reactive ketones (excluding diaryl/α,β-unsaturated/α-hetero) is 1. The fourth-order valence-corrected chi connectivity index (χ4v) is 4.26. The van der Waals surface area contributed by atoms with Crippen molar-refractivity contribution < 1.29 is 33.4 Å². The van der Waals surface area contributed by atoms with Gasteiger partial charge in [0.25, 0.3) is 5.91 Å². The van der Waals surface area contributed by atoms with Gasteiger partial charge in [-0.2, -0.15) is 0 Å². The van der Waals surface area contributed by atoms with Crippen LogP contribution < -0.4 is 14.8 Å². The highest BCUT2D eigenvalue weighted by atomic mass is 16.6. The monoisotopic (exact) mass is 416 g/mol. The second-order valence-electron chi connectivity index (χ2n) is 7.88. The van der Waals surface area contributed by atoms with Gasteiger partial charge in [0.05, 0.1) is 0 Å². The van der Waals surface area contributed by atoms with E-state index in [9.17, 15) is 19.2 Å². The first kappa shape index (κ1) is 20.2. The molecule has 1 aromatic carbocycles. The Morgan fingerprint density at radius 1 is 1.20 bits per heavy atom. The van der Waals surface area contributed by atoms with Crippen molar-refractivity contribution in [3.05, 3.63) is 23.8 Å². The van der Waals surface area contributed by atoms with E-state index in [4.69, 9.17) is 14.2 Å². The van der Waals surface area contributed by atoms with E-state index in [2.05, 4.69) is 5.32 Å². The molecule has 3 amide bonds. The fourth-order valence-electron chi connectivity index (χ4n) is 4.26. The predicted octanol–water partition coefficient (Wildman–Crippen LogP) is 1.68. The number of fused-ring (bicyclic) bond motifs is 1. The molecule has 3 aliphatic rings. The molecule has 2 atom stereocenters. The molecule has 0 unspecified atom stereocenters. The molecule has 1 saturated heterocycles. The maximum Gasteiger partial charge on any atom is 0.326 e. The van der Waals surface area contributed by atoms with Crippen molar-refractivity contribution >= 4 is 23.7 Å². The summed E-state index contributed by atoms with van der Waals surface area (Å²) in [6.45, 7) is 1.76. The van der Waals surface area contributed by atoms with Crippen LogP contribution in [-0.4, -0.2) is 60.5 Å². The number of carbonyl (C=O) groups excluding carboxylic acids is 4. The maximum absolute atomic E-state index is 12.9. The molecule has 0 bridgehead atoms. The van der Waals surface area contributed by atoms with Gasteiger partial charge in [0.1, 0.15) is 25.3 Å². The van der Waals surface area contributed by atoms with Crippen LogP contribution in [0.4, 0.5) is 4.79 Å². The molecule has 0 radical (unpaired) electrons. The second-order valence-corrected chi connectivity index (χ2v) is 7.88. The van der Waals surface area contributed by atoms with Crippen molar-refractivity contribution in [1.82, 2.24) is 10.2 Å². The van der Waals surface area contributed by atoms with E-state index in [-0.39, 0.29) is 5.92 Å². The molecule has 9 nitrogen and oxygen atoms in total. The van der Waals surface area contributed by atoms with Crippen molar-refractivity contribution in [2.24, 2.45) is 5.92 Å². The van der Waals surface area contributed by atoms with Gasteiger partial charge in [-0.3, -0.25) is 19.3 Å². The number of nitrogens with one attached hydrogen (secondary N) is 1. The fraction of sp³-hybridized carbons (Fsp3) is 0.524. The van der Waals surface area contributed by atoms with Crippen molar-refractivity contribution in [3.63, 3.8) is 0 Å². The average Bonchev–Trinajstić information content (AvgIpc) is 2.98. The number of hydrogen-bond donors (Lipinski definition) is 1. The summed E-state index contributed by atoms with van der Waals surface area (Å²) in [5.74, 6) is -0.612. The number of ketones is 1. The SMILES string of the molecule is C[C@@H]1CCCC[C@]12NC(=O)N(CC(=O)OCC(=O)c1ccc3c(c1)OCCO3)C2=O. The lowest BCUT2D eigenvalue weighted by atomic mass is 9.73. The first-order valence-electron chi connectivity index (χ1n) is 10.1. The molecule has 1 N–H and O–H groups in total. The third-order valence-corrected chi connectivity index (χ3v) is 6.02. The van der Waals surface area contributed by atoms with E-state index in [1.54, 1.807) is 12.1 Å². The minimum Gasteiger partial charge on any atom is -0.486 e. The van der Waals surface area contributed by atoms with E-state index < -0.39 is 42.4 Å². The van der Waals surface area contributed by atoms with Gasteiger partial charge in [0.15, 0.2) is 23.9 Å². The lowest BCUT2D eigenvalue weighted by molar-refractivity contribution is -0.147. The van der Waals surface area contributed by atoms with Crippen molar-refractivity contribution in [3.8, 4) is 11.5 Å². The van der Waals surface area contributed by atoms with Crippen molar-refractivity contribution in [2.75, 3.05) is 26.4 Å². The molecular weight excluding hydrogens is 392 g/mol. The largest absolute Gasteiger partial charge is 0.486 e. The number of imide groups is 1. The van der Waals surface area contributed by atoms with Crippen LogP contribution >= 0.6 is 0 Å². The Balaban J connectivity index is 1.34. The van der Waals surface area contributed by atoms with Crippen molar-refractivity contribution in [1.29, 1.82) is 0 Å². The van der Waals surface area contributed by atoms with E-state index >= 15 is 0 Å². The first-order chi connectivity index (χ1) is 14.4. The smallest absolute Gasteiger partial charge is 0.326 e. The highest BCUT2D eigenvalue weighted by Crippen LogP contribution is 2.38. The predicted molar refractivity (Wildman–Crippen MR) is 103 cm³/mol. The normalized spacial score (nSPS) is 25.2. The molecule has 1 saturated carbocycles. The number of carbonyl (C=O) groups is 4. The number of hydrogen-bond acceptors (Lipinski definition) is 7. The summed E-state index contributed by atoms with van der Waals surface area (Å²) in [5, 5.41) is 2.78. The summed E-state index contributed by atoms with van der Waals surface area (Å²) in [7, 11) is 0. The second kappa shape index (κ2) is 7.97. The van der Waals surface area contributed by atoms with Crippen LogP contribution in [-0.2, 0) is 14.3 Å². The molecule has 0 aromatic heterocycles. The van der Waals surface area contributed by atoms with E-state index in [1.165, 1.54) is 6.07 Å². The summed E-state index contributed by atoms with van der Waals surface area (Å²) in [4.78, 5) is 50.7. The molecule has 2 fully saturated rings. The standard InChI is InChI=1S/C21H24N2O7/c1-13-4-2-3-7-21(13)19(26)23(20(27)22-21)11-18(25)30-12-15(24)14-5-6-16-17(10-14)29-9-8-28-16/h5-6,10,13H,2-4,7-9,11-12H2,1H3,(H,22,27)/t13-,21+/m1/s1. The van der Waals surface area contributed by atoms with Gasteiger partial charge in [-0.15, -0.1) is 0 Å². The third kappa shape index (κ3) is 3.59. The molecule has 1 aliphatic carbocycles. The van der Waals surface area contributed by atoms with Crippen LogP contribution in [0.5, 0.6) is 11.5 Å². The zero-order valence-electron chi connectivity index (χ0n) is 16.8. The van der Waals surface area contributed by atoms with Gasteiger partial charge in [0, 0.05) is 5.56 Å². The van der Waals surface area contributed by atoms with Crippen molar-refractivity contribution in [2.45, 2.75) is 38.1 Å². The van der Waals surface area contributed by atoms with Gasteiger partial charge < -0.3 is 19.5 Å². The zero-order chi connectivity index (χ0) is 21.3. The molecule has 160 valence electrons. The molecular formula is C21H24N2O7. The number of benzene rings is 1. The topological polar surface area (TPSA) is 111 Å². The van der Waals surface area contributed by atoms with E-state index in [0.29, 0.717) is 36.7 Å². The van der Waals surface area contributed by atoms with Crippen LogP contribution in [0, 0.1) is 5.92 Å². The molecule has 9 heteroatoms. The molecule has 4 rings (SSSR count). The lowest BCUT2D eigenvalue weighted by Gasteiger charge is -2.36. The van der Waals surface area contributed by atoms with Crippen LogP contribution in [0.15, 0.2) is 18.2 Å². The third-order valence-electron chi connectivity index (χ3n) is 6.02. The Morgan fingerprint density at radius 3 is 2.73 bits per heavy atom. The summed E-state index contributed by atoms with van der Waals surface area (Å²) in [6, 6.07) is 4.14. The van der Waals surface area contributed by atoms with Gasteiger partial charge in [-0.25, -0.2) is 4.79 Å². The van der Waals surface area contributed by atoms with Crippen LogP contribution in [0.1, 0.15) is 43.0 Å². The quantitative estimate of drug-likeness (QED) is 0.442. The van der Waals surface area contributed by atoms with Gasteiger partial charge >= 0.3 is 12.0 Å². The van der Waals surface area contributed by atoms with E-state index in [0.717, 1.165) is 24.2 Å². The van der Waals surface area contributed by atoms with Crippen LogP contribution in [0.25, 0.3) is 0 Å². The highest BCUT2D eigenvalue weighted by Gasteiger charge is 2.55. The number of esters is 1. The Kier molecular flexibility index (Phi) is 5.36. The first-order valence-corrected chi connectivity index (χ1v) is 10.1. The average molecular weight is 416 g/mol. The number of rotatable bonds is 5. The number of amides is 3. The number of nitrogens with zero attached hydrogens (tertiary/aromatic N) is 1. The Morgan fingerprint density at radius 2 is 1.97 bits per heavy atom. The summed E-state index contributed by atoms with van der Waals surface area (Å²) >= 11 is 0. The summed E-state index contributed by atoms with van der Waals surface area (Å²) < 4.78 is 15.9. The summed E-state index contributed by atoms with van der Waals surface area (Å²) in [6.07, 6.45) is 3.26. The molecule has 1 spiro atoms. The Hall–Kier alpha value is -3.10. The number of ether oxygens (including phenoxy) is 3. The van der Waals surface area contributed by atoms with Crippen LogP contribution in [0.3, 0.4) is 0 Å². The Labute approximate surface area is 173 Å². The molecule has 1 aromatic rings. The van der Waals surface area contributed by atoms with Gasteiger partial charge in [0.2, 0.25) is 0 Å². The number of urea groups is 1. The minimum absolute atomic E-state index is 0.000468. The van der Waals surface area contributed by atoms with Gasteiger partial charge in [-0.05, 0) is 37.0 Å². The maximum atomic E-state index is 12.9. The Bertz CT molecular complexity index is 899. The minimum atomic E-state index is -0.934. The van der Waals surface area contributed by atoms with E-state index in [1.807, 2.05) is 6.92 Å².